The molecule has 94 valence electrons. The van der Waals surface area contributed by atoms with Crippen LogP contribution in [0.15, 0.2) is 30.3 Å². The number of carbonyl (C=O) groups excluding carboxylic acids is 2. The van der Waals surface area contributed by atoms with Crippen LogP contribution in [0.2, 0.25) is 0 Å². The Morgan fingerprint density at radius 2 is 1.94 bits per heavy atom. The van der Waals surface area contributed by atoms with E-state index in [-0.39, 0.29) is 13.0 Å². The number of carboxylic acids is 1. The third kappa shape index (κ3) is 2.32. The van der Waals surface area contributed by atoms with Gasteiger partial charge in [-0.3, -0.25) is 14.5 Å². The van der Waals surface area contributed by atoms with E-state index in [4.69, 9.17) is 5.11 Å². The number of urea groups is 1. The Morgan fingerprint density at radius 1 is 1.28 bits per heavy atom. The van der Waals surface area contributed by atoms with Gasteiger partial charge in [-0.1, -0.05) is 30.3 Å². The number of imide groups is 1. The molecule has 1 aliphatic heterocycles. The molecule has 2 N–H and O–H groups in total. The van der Waals surface area contributed by atoms with Gasteiger partial charge in [-0.25, -0.2) is 4.79 Å². The van der Waals surface area contributed by atoms with Crippen molar-refractivity contribution in [1.82, 2.24) is 10.2 Å². The molecule has 0 aromatic heterocycles. The standard InChI is InChI=1S/C12H12N2O4/c15-9(16)6-7-14-11(17)10(13-12(14)18)8-4-2-1-3-5-8/h1-5,10H,6-7H2,(H,13,18)(H,15,16). The maximum atomic E-state index is 12.0. The summed E-state index contributed by atoms with van der Waals surface area (Å²) in [6, 6.07) is 7.58. The van der Waals surface area contributed by atoms with Gasteiger partial charge in [-0.05, 0) is 5.56 Å². The molecule has 1 aliphatic rings. The Morgan fingerprint density at radius 3 is 2.56 bits per heavy atom. The fraction of sp³-hybridized carbons (Fsp3) is 0.250. The summed E-state index contributed by atoms with van der Waals surface area (Å²) in [5, 5.41) is 11.1. The summed E-state index contributed by atoms with van der Waals surface area (Å²) in [7, 11) is 0. The zero-order valence-electron chi connectivity index (χ0n) is 9.50. The van der Waals surface area contributed by atoms with Gasteiger partial charge in [0, 0.05) is 6.54 Å². The van der Waals surface area contributed by atoms with E-state index >= 15 is 0 Å². The highest BCUT2D eigenvalue weighted by molar-refractivity contribution is 6.04. The molecular weight excluding hydrogens is 236 g/mol. The number of carboxylic acid groups (broad SMARTS) is 1. The highest BCUT2D eigenvalue weighted by atomic mass is 16.4. The zero-order chi connectivity index (χ0) is 13.1. The first-order valence-electron chi connectivity index (χ1n) is 5.48. The number of amides is 3. The number of hydrogen-bond donors (Lipinski definition) is 2. The van der Waals surface area contributed by atoms with Crippen LogP contribution in [0.1, 0.15) is 18.0 Å². The highest BCUT2D eigenvalue weighted by Gasteiger charge is 2.38. The van der Waals surface area contributed by atoms with Crippen LogP contribution >= 0.6 is 0 Å². The van der Waals surface area contributed by atoms with Crippen molar-refractivity contribution in [1.29, 1.82) is 0 Å². The van der Waals surface area contributed by atoms with Crippen molar-refractivity contribution in [2.24, 2.45) is 0 Å². The molecule has 1 fully saturated rings. The second-order valence-corrected chi connectivity index (χ2v) is 3.93. The molecule has 1 unspecified atom stereocenters. The number of nitrogens with one attached hydrogen (secondary N) is 1. The Bertz CT molecular complexity index is 486. The molecule has 0 saturated carbocycles. The van der Waals surface area contributed by atoms with Gasteiger partial charge >= 0.3 is 12.0 Å². The highest BCUT2D eigenvalue weighted by Crippen LogP contribution is 2.21. The molecule has 2 rings (SSSR count). The van der Waals surface area contributed by atoms with E-state index in [1.807, 2.05) is 6.07 Å². The van der Waals surface area contributed by atoms with Crippen LogP contribution in [0.4, 0.5) is 4.79 Å². The molecule has 6 heteroatoms. The fourth-order valence-corrected chi connectivity index (χ4v) is 1.81. The van der Waals surface area contributed by atoms with Crippen LogP contribution < -0.4 is 5.32 Å². The average molecular weight is 248 g/mol. The van der Waals surface area contributed by atoms with E-state index in [1.54, 1.807) is 24.3 Å². The molecule has 1 aromatic rings. The lowest BCUT2D eigenvalue weighted by Crippen LogP contribution is -2.32. The first kappa shape index (κ1) is 12.1. The Balaban J connectivity index is 2.12. The number of hydrogen-bond acceptors (Lipinski definition) is 3. The van der Waals surface area contributed by atoms with E-state index in [0.717, 1.165) is 4.90 Å². The molecule has 18 heavy (non-hydrogen) atoms. The summed E-state index contributed by atoms with van der Waals surface area (Å²) < 4.78 is 0. The SMILES string of the molecule is O=C(O)CCN1C(=O)NC(c2ccccc2)C1=O. The van der Waals surface area contributed by atoms with Crippen LogP contribution in [-0.2, 0) is 9.59 Å². The molecule has 0 bridgehead atoms. The summed E-state index contributed by atoms with van der Waals surface area (Å²) in [6.45, 7) is -0.108. The van der Waals surface area contributed by atoms with Crippen LogP contribution in [0.3, 0.4) is 0 Å². The molecule has 0 aliphatic carbocycles. The summed E-state index contributed by atoms with van der Waals surface area (Å²) in [5.74, 6) is -1.45. The van der Waals surface area contributed by atoms with Crippen LogP contribution in [0, 0.1) is 0 Å². The summed E-state index contributed by atoms with van der Waals surface area (Å²) in [6.07, 6.45) is -0.249. The second-order valence-electron chi connectivity index (χ2n) is 3.93. The minimum atomic E-state index is -1.04. The van der Waals surface area contributed by atoms with Crippen LogP contribution in [0.25, 0.3) is 0 Å². The van der Waals surface area contributed by atoms with E-state index in [2.05, 4.69) is 5.32 Å². The van der Waals surface area contributed by atoms with Crippen molar-refractivity contribution in [3.05, 3.63) is 35.9 Å². The van der Waals surface area contributed by atoms with Crippen molar-refractivity contribution in [3.63, 3.8) is 0 Å². The third-order valence-corrected chi connectivity index (χ3v) is 2.71. The Kier molecular flexibility index (Phi) is 3.27. The van der Waals surface area contributed by atoms with Crippen molar-refractivity contribution in [3.8, 4) is 0 Å². The Hall–Kier alpha value is -2.37. The number of nitrogens with zero attached hydrogens (tertiary/aromatic N) is 1. The third-order valence-electron chi connectivity index (χ3n) is 2.71. The van der Waals surface area contributed by atoms with Gasteiger partial charge in [-0.2, -0.15) is 0 Å². The first-order valence-corrected chi connectivity index (χ1v) is 5.48. The molecule has 1 atom stereocenters. The van der Waals surface area contributed by atoms with Crippen molar-refractivity contribution in [2.75, 3.05) is 6.54 Å². The van der Waals surface area contributed by atoms with E-state index < -0.39 is 23.9 Å². The van der Waals surface area contributed by atoms with E-state index in [9.17, 15) is 14.4 Å². The molecule has 1 aromatic carbocycles. The summed E-state index contributed by atoms with van der Waals surface area (Å²) >= 11 is 0. The van der Waals surface area contributed by atoms with Crippen molar-refractivity contribution >= 4 is 17.9 Å². The predicted octanol–water partition coefficient (Wildman–Crippen LogP) is 0.754. The number of carbonyl (C=O) groups is 3. The number of rotatable bonds is 4. The van der Waals surface area contributed by atoms with Gasteiger partial charge in [0.2, 0.25) is 0 Å². The van der Waals surface area contributed by atoms with Gasteiger partial charge in [0.15, 0.2) is 0 Å². The zero-order valence-corrected chi connectivity index (χ0v) is 9.50. The maximum absolute atomic E-state index is 12.0. The van der Waals surface area contributed by atoms with Gasteiger partial charge in [0.1, 0.15) is 6.04 Å². The monoisotopic (exact) mass is 248 g/mol. The van der Waals surface area contributed by atoms with Crippen molar-refractivity contribution in [2.45, 2.75) is 12.5 Å². The fourth-order valence-electron chi connectivity index (χ4n) is 1.81. The molecule has 3 amide bonds. The van der Waals surface area contributed by atoms with Gasteiger partial charge in [-0.15, -0.1) is 0 Å². The van der Waals surface area contributed by atoms with Crippen LogP contribution in [-0.4, -0.2) is 34.5 Å². The lowest BCUT2D eigenvalue weighted by Gasteiger charge is -2.11. The van der Waals surface area contributed by atoms with Gasteiger partial charge in [0.25, 0.3) is 5.91 Å². The largest absolute Gasteiger partial charge is 0.481 e. The molecule has 6 nitrogen and oxygen atoms in total. The van der Waals surface area contributed by atoms with Gasteiger partial charge in [0.05, 0.1) is 6.42 Å². The second kappa shape index (κ2) is 4.87. The number of benzene rings is 1. The van der Waals surface area contributed by atoms with E-state index in [1.165, 1.54) is 0 Å². The van der Waals surface area contributed by atoms with Gasteiger partial charge < -0.3 is 10.4 Å². The molecule has 1 heterocycles. The van der Waals surface area contributed by atoms with E-state index in [0.29, 0.717) is 5.56 Å². The summed E-state index contributed by atoms with van der Waals surface area (Å²) in [4.78, 5) is 34.9. The number of aliphatic carboxylic acids is 1. The Labute approximate surface area is 103 Å². The quantitative estimate of drug-likeness (QED) is 0.770. The van der Waals surface area contributed by atoms with Crippen LogP contribution in [0.5, 0.6) is 0 Å². The lowest BCUT2D eigenvalue weighted by atomic mass is 10.1. The first-order chi connectivity index (χ1) is 8.59. The predicted molar refractivity (Wildman–Crippen MR) is 61.7 cm³/mol. The summed E-state index contributed by atoms with van der Waals surface area (Å²) in [5.41, 5.74) is 0.689. The smallest absolute Gasteiger partial charge is 0.325 e. The minimum absolute atomic E-state index is 0.108. The normalized spacial score (nSPS) is 18.9. The lowest BCUT2D eigenvalue weighted by molar-refractivity contribution is -0.137. The maximum Gasteiger partial charge on any atom is 0.325 e. The van der Waals surface area contributed by atoms with Crippen molar-refractivity contribution < 1.29 is 19.5 Å². The topological polar surface area (TPSA) is 86.7 Å². The molecule has 1 saturated heterocycles. The average Bonchev–Trinajstić information content (AvgIpc) is 2.63. The molecule has 0 spiro atoms. The minimum Gasteiger partial charge on any atom is -0.481 e. The molecule has 0 radical (unpaired) electrons. The molecular formula is C12H12N2O4.